The van der Waals surface area contributed by atoms with E-state index in [1.54, 1.807) is 19.2 Å². The SMILES string of the molecule is Cc1ccnc(NC(=O)c2ccccc2SCc2nc(C)no2)c1. The van der Waals surface area contributed by atoms with E-state index in [9.17, 15) is 4.79 Å². The van der Waals surface area contributed by atoms with Crippen LogP contribution in [0.5, 0.6) is 0 Å². The monoisotopic (exact) mass is 340 g/mol. The number of aryl methyl sites for hydroxylation is 2. The number of carbonyl (C=O) groups is 1. The quantitative estimate of drug-likeness (QED) is 0.714. The van der Waals surface area contributed by atoms with Gasteiger partial charge in [-0.05, 0) is 43.7 Å². The molecule has 6 nitrogen and oxygen atoms in total. The van der Waals surface area contributed by atoms with Crippen LogP contribution in [0.25, 0.3) is 0 Å². The summed E-state index contributed by atoms with van der Waals surface area (Å²) < 4.78 is 5.10. The van der Waals surface area contributed by atoms with Crippen molar-refractivity contribution >= 4 is 23.5 Å². The standard InChI is InChI=1S/C17H16N4O2S/c1-11-7-8-18-15(9-11)20-17(22)13-5-3-4-6-14(13)24-10-16-19-12(2)21-23-16/h3-9H,10H2,1-2H3,(H,18,20,22). The molecule has 0 unspecified atom stereocenters. The van der Waals surface area contributed by atoms with E-state index in [-0.39, 0.29) is 5.91 Å². The first-order valence-corrected chi connectivity index (χ1v) is 8.35. The molecule has 0 atom stereocenters. The molecule has 0 radical (unpaired) electrons. The summed E-state index contributed by atoms with van der Waals surface area (Å²) in [6.45, 7) is 3.72. The number of rotatable bonds is 5. The number of thioether (sulfide) groups is 1. The van der Waals surface area contributed by atoms with Crippen LogP contribution < -0.4 is 5.32 Å². The molecule has 0 aliphatic carbocycles. The normalized spacial score (nSPS) is 10.6. The Hall–Kier alpha value is -2.67. The lowest BCUT2D eigenvalue weighted by Gasteiger charge is -2.09. The molecule has 122 valence electrons. The molecule has 3 rings (SSSR count). The number of anilines is 1. The molecular formula is C17H16N4O2S. The zero-order chi connectivity index (χ0) is 16.9. The Kier molecular flexibility index (Phi) is 4.90. The highest BCUT2D eigenvalue weighted by Crippen LogP contribution is 2.26. The summed E-state index contributed by atoms with van der Waals surface area (Å²) in [7, 11) is 0. The van der Waals surface area contributed by atoms with Gasteiger partial charge in [0.05, 0.1) is 11.3 Å². The van der Waals surface area contributed by atoms with E-state index < -0.39 is 0 Å². The van der Waals surface area contributed by atoms with E-state index in [4.69, 9.17) is 4.52 Å². The number of aromatic nitrogens is 3. The predicted octanol–water partition coefficient (Wildman–Crippen LogP) is 3.63. The van der Waals surface area contributed by atoms with Gasteiger partial charge in [-0.15, -0.1) is 11.8 Å². The van der Waals surface area contributed by atoms with Crippen molar-refractivity contribution in [2.75, 3.05) is 5.32 Å². The molecule has 2 heterocycles. The highest BCUT2D eigenvalue weighted by molar-refractivity contribution is 7.98. The minimum Gasteiger partial charge on any atom is -0.338 e. The average molecular weight is 340 g/mol. The summed E-state index contributed by atoms with van der Waals surface area (Å²) >= 11 is 1.48. The average Bonchev–Trinajstić information content (AvgIpc) is 2.99. The molecule has 1 aromatic carbocycles. The molecule has 24 heavy (non-hydrogen) atoms. The van der Waals surface area contributed by atoms with Gasteiger partial charge in [-0.25, -0.2) is 4.98 Å². The molecule has 0 aliphatic rings. The van der Waals surface area contributed by atoms with Gasteiger partial charge >= 0.3 is 0 Å². The first-order valence-electron chi connectivity index (χ1n) is 7.37. The zero-order valence-corrected chi connectivity index (χ0v) is 14.1. The van der Waals surface area contributed by atoms with E-state index in [2.05, 4.69) is 20.4 Å². The fourth-order valence-corrected chi connectivity index (χ4v) is 2.99. The Bertz CT molecular complexity index is 863. The number of hydrogen-bond acceptors (Lipinski definition) is 6. The molecule has 0 spiro atoms. The maximum Gasteiger partial charge on any atom is 0.257 e. The second-order valence-electron chi connectivity index (χ2n) is 5.19. The van der Waals surface area contributed by atoms with Crippen molar-refractivity contribution in [3.05, 3.63) is 65.4 Å². The van der Waals surface area contributed by atoms with Crippen LogP contribution in [0.3, 0.4) is 0 Å². The number of carbonyl (C=O) groups excluding carboxylic acids is 1. The fraction of sp³-hybridized carbons (Fsp3) is 0.176. The van der Waals surface area contributed by atoms with Gasteiger partial charge in [0, 0.05) is 11.1 Å². The third-order valence-electron chi connectivity index (χ3n) is 3.21. The lowest BCUT2D eigenvalue weighted by Crippen LogP contribution is -2.14. The van der Waals surface area contributed by atoms with Crippen LogP contribution in [0.15, 0.2) is 52.0 Å². The summed E-state index contributed by atoms with van der Waals surface area (Å²) in [5, 5.41) is 6.59. The van der Waals surface area contributed by atoms with Crippen LogP contribution in [-0.2, 0) is 5.75 Å². The topological polar surface area (TPSA) is 80.9 Å². The van der Waals surface area contributed by atoms with Crippen LogP contribution in [0.4, 0.5) is 5.82 Å². The van der Waals surface area contributed by atoms with Gasteiger partial charge in [0.1, 0.15) is 5.82 Å². The summed E-state index contributed by atoms with van der Waals surface area (Å²) in [5.41, 5.74) is 1.62. The third kappa shape index (κ3) is 3.99. The summed E-state index contributed by atoms with van der Waals surface area (Å²) in [4.78, 5) is 21.7. The molecule has 0 saturated heterocycles. The molecule has 1 N–H and O–H groups in total. The smallest absolute Gasteiger partial charge is 0.257 e. The molecule has 3 aromatic rings. The lowest BCUT2D eigenvalue weighted by molar-refractivity contribution is 0.102. The van der Waals surface area contributed by atoms with Crippen molar-refractivity contribution in [1.29, 1.82) is 0 Å². The first-order chi connectivity index (χ1) is 11.6. The summed E-state index contributed by atoms with van der Waals surface area (Å²) in [5.74, 6) is 1.98. The Morgan fingerprint density at radius 3 is 2.83 bits per heavy atom. The number of nitrogens with one attached hydrogen (secondary N) is 1. The molecule has 0 fully saturated rings. The Balaban J connectivity index is 1.74. The Morgan fingerprint density at radius 2 is 2.08 bits per heavy atom. The van der Waals surface area contributed by atoms with Gasteiger partial charge in [-0.3, -0.25) is 4.79 Å². The minimum atomic E-state index is -0.196. The van der Waals surface area contributed by atoms with Gasteiger partial charge in [0.25, 0.3) is 5.91 Å². The van der Waals surface area contributed by atoms with Crippen molar-refractivity contribution in [2.24, 2.45) is 0 Å². The highest BCUT2D eigenvalue weighted by atomic mass is 32.2. The fourth-order valence-electron chi connectivity index (χ4n) is 2.11. The maximum absolute atomic E-state index is 12.5. The Morgan fingerprint density at radius 1 is 1.25 bits per heavy atom. The number of benzene rings is 1. The number of nitrogens with zero attached hydrogens (tertiary/aromatic N) is 3. The van der Waals surface area contributed by atoms with Crippen LogP contribution >= 0.6 is 11.8 Å². The van der Waals surface area contributed by atoms with Crippen molar-refractivity contribution in [1.82, 2.24) is 15.1 Å². The molecule has 7 heteroatoms. The van der Waals surface area contributed by atoms with Gasteiger partial charge in [0.15, 0.2) is 5.82 Å². The van der Waals surface area contributed by atoms with Crippen molar-refractivity contribution in [3.63, 3.8) is 0 Å². The van der Waals surface area contributed by atoms with Crippen LogP contribution in [-0.4, -0.2) is 21.0 Å². The largest absolute Gasteiger partial charge is 0.338 e. The molecule has 0 saturated carbocycles. The Labute approximate surface area is 143 Å². The number of amides is 1. The molecule has 0 aliphatic heterocycles. The van der Waals surface area contributed by atoms with Crippen molar-refractivity contribution in [3.8, 4) is 0 Å². The second-order valence-corrected chi connectivity index (χ2v) is 6.21. The van der Waals surface area contributed by atoms with Gasteiger partial charge in [0.2, 0.25) is 5.89 Å². The molecule has 1 amide bonds. The zero-order valence-electron chi connectivity index (χ0n) is 13.3. The van der Waals surface area contributed by atoms with E-state index in [1.165, 1.54) is 11.8 Å². The van der Waals surface area contributed by atoms with Crippen LogP contribution in [0.2, 0.25) is 0 Å². The van der Waals surface area contributed by atoms with Crippen LogP contribution in [0, 0.1) is 13.8 Å². The second kappa shape index (κ2) is 7.27. The van der Waals surface area contributed by atoms with Crippen molar-refractivity contribution < 1.29 is 9.32 Å². The third-order valence-corrected chi connectivity index (χ3v) is 4.27. The molecule has 2 aromatic heterocycles. The van der Waals surface area contributed by atoms with Gasteiger partial charge in [-0.1, -0.05) is 17.3 Å². The van der Waals surface area contributed by atoms with Gasteiger partial charge < -0.3 is 9.84 Å². The van der Waals surface area contributed by atoms with E-state index in [1.807, 2.05) is 37.3 Å². The van der Waals surface area contributed by atoms with Crippen LogP contribution in [0.1, 0.15) is 27.6 Å². The number of pyridine rings is 1. The predicted molar refractivity (Wildman–Crippen MR) is 92.0 cm³/mol. The van der Waals surface area contributed by atoms with E-state index in [0.29, 0.717) is 28.8 Å². The summed E-state index contributed by atoms with van der Waals surface area (Å²) in [6, 6.07) is 11.1. The highest BCUT2D eigenvalue weighted by Gasteiger charge is 2.13. The lowest BCUT2D eigenvalue weighted by atomic mass is 10.2. The van der Waals surface area contributed by atoms with Gasteiger partial charge in [-0.2, -0.15) is 4.98 Å². The first kappa shape index (κ1) is 16.2. The van der Waals surface area contributed by atoms with E-state index in [0.717, 1.165) is 10.5 Å². The van der Waals surface area contributed by atoms with E-state index >= 15 is 0 Å². The van der Waals surface area contributed by atoms with Crippen molar-refractivity contribution in [2.45, 2.75) is 24.5 Å². The minimum absolute atomic E-state index is 0.196. The maximum atomic E-state index is 12.5. The molecule has 0 bridgehead atoms. The summed E-state index contributed by atoms with van der Waals surface area (Å²) in [6.07, 6.45) is 1.67. The molecular weight excluding hydrogens is 324 g/mol. The number of hydrogen-bond donors (Lipinski definition) is 1.